The van der Waals surface area contributed by atoms with Gasteiger partial charge in [0.15, 0.2) is 0 Å². The quantitative estimate of drug-likeness (QED) is 0.824. The highest BCUT2D eigenvalue weighted by Gasteiger charge is 2.27. The van der Waals surface area contributed by atoms with Crippen LogP contribution < -0.4 is 5.32 Å². The zero-order valence-corrected chi connectivity index (χ0v) is 12.5. The molecule has 0 spiro atoms. The van der Waals surface area contributed by atoms with Crippen LogP contribution in [0.15, 0.2) is 0 Å². The van der Waals surface area contributed by atoms with E-state index in [4.69, 9.17) is 0 Å². The highest BCUT2D eigenvalue weighted by atomic mass is 16.2. The number of rotatable bonds is 6. The van der Waals surface area contributed by atoms with Gasteiger partial charge in [-0.15, -0.1) is 5.10 Å². The fourth-order valence-electron chi connectivity index (χ4n) is 2.68. The molecular formula is C14H25N5O. The molecule has 0 bridgehead atoms. The number of piperidine rings is 1. The first-order chi connectivity index (χ1) is 9.76. The van der Waals surface area contributed by atoms with Crippen LogP contribution in [0.5, 0.6) is 0 Å². The molecule has 1 saturated heterocycles. The summed E-state index contributed by atoms with van der Waals surface area (Å²) in [5.74, 6) is 1.09. The summed E-state index contributed by atoms with van der Waals surface area (Å²) in [4.78, 5) is 18.9. The first kappa shape index (κ1) is 15.0. The second-order valence-electron chi connectivity index (χ2n) is 5.34. The summed E-state index contributed by atoms with van der Waals surface area (Å²) in [7, 11) is 0. The highest BCUT2D eigenvalue weighted by Crippen LogP contribution is 2.15. The van der Waals surface area contributed by atoms with Crippen LogP contribution in [0.3, 0.4) is 0 Å². The summed E-state index contributed by atoms with van der Waals surface area (Å²) >= 11 is 0. The largest absolute Gasteiger partial charge is 0.333 e. The Bertz CT molecular complexity index is 425. The van der Waals surface area contributed by atoms with Gasteiger partial charge in [0.25, 0.3) is 5.91 Å². The van der Waals surface area contributed by atoms with E-state index < -0.39 is 0 Å². The number of aryl methyl sites for hydroxylation is 1. The van der Waals surface area contributed by atoms with Crippen LogP contribution in [0.2, 0.25) is 0 Å². The van der Waals surface area contributed by atoms with Crippen LogP contribution in [-0.2, 0) is 6.42 Å². The fourth-order valence-corrected chi connectivity index (χ4v) is 2.68. The van der Waals surface area contributed by atoms with Crippen molar-refractivity contribution in [2.24, 2.45) is 0 Å². The van der Waals surface area contributed by atoms with E-state index in [1.165, 1.54) is 0 Å². The molecule has 1 aromatic heterocycles. The van der Waals surface area contributed by atoms with Crippen molar-refractivity contribution in [2.45, 2.75) is 52.0 Å². The van der Waals surface area contributed by atoms with Crippen molar-refractivity contribution in [2.75, 3.05) is 19.6 Å². The number of amides is 1. The molecule has 1 amide bonds. The zero-order valence-electron chi connectivity index (χ0n) is 12.5. The summed E-state index contributed by atoms with van der Waals surface area (Å²) in [5, 5.41) is 10.3. The SMILES string of the molecule is CCCc1nc(C(=O)N(CCC)C2CCNCC2)n[nH]1. The lowest BCUT2D eigenvalue weighted by Gasteiger charge is -2.33. The van der Waals surface area contributed by atoms with Gasteiger partial charge in [-0.05, 0) is 38.8 Å². The molecule has 0 aromatic carbocycles. The van der Waals surface area contributed by atoms with Gasteiger partial charge in [-0.3, -0.25) is 9.89 Å². The van der Waals surface area contributed by atoms with Crippen molar-refractivity contribution >= 4 is 5.91 Å². The standard InChI is InChI=1S/C14H25N5O/c1-3-5-12-16-13(18-17-12)14(20)19(10-4-2)11-6-8-15-9-7-11/h11,15H,3-10H2,1-2H3,(H,16,17,18). The molecule has 6 heteroatoms. The molecule has 0 atom stereocenters. The molecule has 112 valence electrons. The second-order valence-corrected chi connectivity index (χ2v) is 5.34. The Kier molecular flexibility index (Phi) is 5.52. The average Bonchev–Trinajstić information content (AvgIpc) is 2.94. The Morgan fingerprint density at radius 3 is 2.70 bits per heavy atom. The highest BCUT2D eigenvalue weighted by molar-refractivity contribution is 5.90. The maximum Gasteiger partial charge on any atom is 0.293 e. The van der Waals surface area contributed by atoms with Gasteiger partial charge in [0, 0.05) is 19.0 Å². The summed E-state index contributed by atoms with van der Waals surface area (Å²) < 4.78 is 0. The zero-order chi connectivity index (χ0) is 14.4. The van der Waals surface area contributed by atoms with Gasteiger partial charge in [0.05, 0.1) is 0 Å². The number of hydrogen-bond donors (Lipinski definition) is 2. The molecule has 20 heavy (non-hydrogen) atoms. The molecule has 0 aliphatic carbocycles. The van der Waals surface area contributed by atoms with Crippen LogP contribution >= 0.6 is 0 Å². The number of nitrogens with zero attached hydrogens (tertiary/aromatic N) is 3. The molecule has 0 saturated carbocycles. The lowest BCUT2D eigenvalue weighted by atomic mass is 10.0. The third-order valence-electron chi connectivity index (χ3n) is 3.68. The van der Waals surface area contributed by atoms with Crippen molar-refractivity contribution < 1.29 is 4.79 Å². The summed E-state index contributed by atoms with van der Waals surface area (Å²) in [6.07, 6.45) is 4.81. The van der Waals surface area contributed by atoms with E-state index in [0.717, 1.165) is 57.6 Å². The van der Waals surface area contributed by atoms with Crippen LogP contribution in [-0.4, -0.2) is 51.7 Å². The van der Waals surface area contributed by atoms with Gasteiger partial charge < -0.3 is 10.2 Å². The minimum atomic E-state index is -0.0302. The number of aromatic nitrogens is 3. The Morgan fingerprint density at radius 2 is 2.05 bits per heavy atom. The Hall–Kier alpha value is -1.43. The summed E-state index contributed by atoms with van der Waals surface area (Å²) in [5.41, 5.74) is 0. The Labute approximate surface area is 120 Å². The van der Waals surface area contributed by atoms with E-state index in [0.29, 0.717) is 11.9 Å². The van der Waals surface area contributed by atoms with Gasteiger partial charge in [0.2, 0.25) is 5.82 Å². The van der Waals surface area contributed by atoms with Crippen LogP contribution in [0, 0.1) is 0 Å². The maximum absolute atomic E-state index is 12.6. The molecular weight excluding hydrogens is 254 g/mol. The topological polar surface area (TPSA) is 73.9 Å². The molecule has 2 heterocycles. The van der Waals surface area contributed by atoms with Gasteiger partial charge in [-0.1, -0.05) is 13.8 Å². The average molecular weight is 279 g/mol. The third kappa shape index (κ3) is 3.56. The van der Waals surface area contributed by atoms with Crippen LogP contribution in [0.4, 0.5) is 0 Å². The molecule has 0 radical (unpaired) electrons. The third-order valence-corrected chi connectivity index (χ3v) is 3.68. The maximum atomic E-state index is 12.6. The number of hydrogen-bond acceptors (Lipinski definition) is 4. The molecule has 1 aromatic rings. The van der Waals surface area contributed by atoms with E-state index in [1.807, 2.05) is 4.90 Å². The van der Waals surface area contributed by atoms with Crippen molar-refractivity contribution in [1.29, 1.82) is 0 Å². The molecule has 0 unspecified atom stereocenters. The number of nitrogens with one attached hydrogen (secondary N) is 2. The van der Waals surface area contributed by atoms with E-state index in [1.54, 1.807) is 0 Å². The normalized spacial score (nSPS) is 16.3. The summed E-state index contributed by atoms with van der Waals surface area (Å²) in [6, 6.07) is 0.317. The lowest BCUT2D eigenvalue weighted by molar-refractivity contribution is 0.0630. The smallest absolute Gasteiger partial charge is 0.293 e. The van der Waals surface area contributed by atoms with Gasteiger partial charge >= 0.3 is 0 Å². The minimum Gasteiger partial charge on any atom is -0.333 e. The second kappa shape index (κ2) is 7.38. The first-order valence-corrected chi connectivity index (χ1v) is 7.69. The first-order valence-electron chi connectivity index (χ1n) is 7.69. The minimum absolute atomic E-state index is 0.0302. The van der Waals surface area contributed by atoms with E-state index in [2.05, 4.69) is 34.3 Å². The molecule has 1 aliphatic heterocycles. The van der Waals surface area contributed by atoms with E-state index in [-0.39, 0.29) is 5.91 Å². The van der Waals surface area contributed by atoms with Crippen molar-refractivity contribution in [3.63, 3.8) is 0 Å². The number of carbonyl (C=O) groups is 1. The Balaban J connectivity index is 2.08. The van der Waals surface area contributed by atoms with Gasteiger partial charge in [-0.2, -0.15) is 0 Å². The van der Waals surface area contributed by atoms with Gasteiger partial charge in [0.1, 0.15) is 5.82 Å². The summed E-state index contributed by atoms with van der Waals surface area (Å²) in [6.45, 7) is 6.92. The van der Waals surface area contributed by atoms with Crippen LogP contribution in [0.25, 0.3) is 0 Å². The number of H-pyrrole nitrogens is 1. The lowest BCUT2D eigenvalue weighted by Crippen LogP contribution is -2.46. The Morgan fingerprint density at radius 1 is 1.30 bits per heavy atom. The van der Waals surface area contributed by atoms with E-state index in [9.17, 15) is 4.79 Å². The van der Waals surface area contributed by atoms with E-state index >= 15 is 0 Å². The number of carbonyl (C=O) groups excluding carboxylic acids is 1. The molecule has 6 nitrogen and oxygen atoms in total. The predicted octanol–water partition coefficient (Wildman–Crippen LogP) is 1.36. The number of aromatic amines is 1. The monoisotopic (exact) mass is 279 g/mol. The molecule has 1 aliphatic rings. The molecule has 2 rings (SSSR count). The predicted molar refractivity (Wildman–Crippen MR) is 77.6 cm³/mol. The van der Waals surface area contributed by atoms with Crippen LogP contribution in [0.1, 0.15) is 56.0 Å². The molecule has 2 N–H and O–H groups in total. The van der Waals surface area contributed by atoms with Crippen molar-refractivity contribution in [3.8, 4) is 0 Å². The molecule has 1 fully saturated rings. The van der Waals surface area contributed by atoms with Crippen molar-refractivity contribution in [3.05, 3.63) is 11.6 Å². The fraction of sp³-hybridized carbons (Fsp3) is 0.786. The van der Waals surface area contributed by atoms with Gasteiger partial charge in [-0.25, -0.2) is 4.98 Å². The van der Waals surface area contributed by atoms with Crippen molar-refractivity contribution in [1.82, 2.24) is 25.4 Å².